The van der Waals surface area contributed by atoms with Gasteiger partial charge in [-0.1, -0.05) is 6.08 Å². The van der Waals surface area contributed by atoms with E-state index in [1.54, 1.807) is 6.07 Å². The zero-order chi connectivity index (χ0) is 11.1. The van der Waals surface area contributed by atoms with E-state index in [2.05, 4.69) is 12.1 Å². The Bertz CT molecular complexity index is 644. The summed E-state index contributed by atoms with van der Waals surface area (Å²) in [5.41, 5.74) is 8.67. The van der Waals surface area contributed by atoms with E-state index in [0.717, 1.165) is 24.0 Å². The van der Waals surface area contributed by atoms with Crippen LogP contribution in [0.1, 0.15) is 23.3 Å². The normalized spacial score (nSPS) is 13.7. The molecular weight excluding hydrogens is 200 g/mol. The van der Waals surface area contributed by atoms with Gasteiger partial charge in [0.25, 0.3) is 0 Å². The predicted molar refractivity (Wildman–Crippen MR) is 62.7 cm³/mol. The third-order valence-corrected chi connectivity index (χ3v) is 2.98. The van der Waals surface area contributed by atoms with Crippen LogP contribution in [-0.2, 0) is 6.42 Å². The maximum absolute atomic E-state index is 8.90. The number of benzene rings is 1. The van der Waals surface area contributed by atoms with Crippen LogP contribution >= 0.6 is 0 Å². The van der Waals surface area contributed by atoms with Crippen LogP contribution in [0, 0.1) is 11.3 Å². The largest absolute Gasteiger partial charge is 0.454 e. The van der Waals surface area contributed by atoms with Crippen molar-refractivity contribution in [3.8, 4) is 6.07 Å². The van der Waals surface area contributed by atoms with Crippen LogP contribution in [0.25, 0.3) is 17.0 Å². The fourth-order valence-electron chi connectivity index (χ4n) is 2.16. The van der Waals surface area contributed by atoms with Crippen LogP contribution in [0.15, 0.2) is 22.6 Å². The van der Waals surface area contributed by atoms with E-state index in [1.807, 2.05) is 12.1 Å². The first kappa shape index (κ1) is 9.05. The molecule has 1 aliphatic carbocycles. The van der Waals surface area contributed by atoms with Crippen molar-refractivity contribution in [2.24, 2.45) is 0 Å². The van der Waals surface area contributed by atoms with Crippen molar-refractivity contribution < 1.29 is 4.42 Å². The van der Waals surface area contributed by atoms with Gasteiger partial charge in [0.1, 0.15) is 11.8 Å². The van der Waals surface area contributed by atoms with Gasteiger partial charge in [-0.15, -0.1) is 0 Å². The molecular formula is C13H10N2O. The maximum atomic E-state index is 8.90. The molecule has 0 bridgehead atoms. The van der Waals surface area contributed by atoms with Crippen molar-refractivity contribution in [2.75, 3.05) is 5.73 Å². The van der Waals surface area contributed by atoms with E-state index in [1.165, 1.54) is 5.56 Å². The van der Waals surface area contributed by atoms with Crippen LogP contribution < -0.4 is 5.73 Å². The minimum Gasteiger partial charge on any atom is -0.454 e. The summed E-state index contributed by atoms with van der Waals surface area (Å²) >= 11 is 0. The molecule has 0 amide bonds. The lowest BCUT2D eigenvalue weighted by atomic mass is 10.00. The van der Waals surface area contributed by atoms with Gasteiger partial charge in [0.15, 0.2) is 5.58 Å². The molecule has 1 aromatic heterocycles. The molecule has 0 saturated heterocycles. The van der Waals surface area contributed by atoms with E-state index < -0.39 is 0 Å². The number of aryl methyl sites for hydroxylation is 1. The van der Waals surface area contributed by atoms with Gasteiger partial charge in [-0.3, -0.25) is 0 Å². The summed E-state index contributed by atoms with van der Waals surface area (Å²) < 4.78 is 5.70. The van der Waals surface area contributed by atoms with Gasteiger partial charge in [-0.2, -0.15) is 5.26 Å². The van der Waals surface area contributed by atoms with Crippen molar-refractivity contribution in [1.29, 1.82) is 5.26 Å². The molecule has 3 rings (SSSR count). The maximum Gasteiger partial charge on any atom is 0.159 e. The minimum absolute atomic E-state index is 0.447. The second kappa shape index (κ2) is 3.14. The van der Waals surface area contributed by atoms with Crippen LogP contribution in [0.2, 0.25) is 0 Å². The van der Waals surface area contributed by atoms with E-state index in [0.29, 0.717) is 16.8 Å². The number of nitrogen functional groups attached to an aromatic ring is 1. The molecule has 78 valence electrons. The van der Waals surface area contributed by atoms with Gasteiger partial charge >= 0.3 is 0 Å². The molecule has 0 atom stereocenters. The fraction of sp³-hybridized carbons (Fsp3) is 0.154. The summed E-state index contributed by atoms with van der Waals surface area (Å²) in [6, 6.07) is 5.74. The van der Waals surface area contributed by atoms with Gasteiger partial charge in [-0.05, 0) is 31.1 Å². The molecule has 0 radical (unpaired) electrons. The summed E-state index contributed by atoms with van der Waals surface area (Å²) in [6.45, 7) is 0. The van der Waals surface area contributed by atoms with Crippen LogP contribution in [0.4, 0.5) is 5.69 Å². The Hall–Kier alpha value is -2.21. The topological polar surface area (TPSA) is 63.0 Å². The minimum atomic E-state index is 0.447. The molecule has 16 heavy (non-hydrogen) atoms. The highest BCUT2D eigenvalue weighted by Crippen LogP contribution is 2.35. The Morgan fingerprint density at radius 1 is 1.38 bits per heavy atom. The lowest BCUT2D eigenvalue weighted by Crippen LogP contribution is -1.91. The number of nitriles is 1. The van der Waals surface area contributed by atoms with Crippen molar-refractivity contribution in [1.82, 2.24) is 0 Å². The third kappa shape index (κ3) is 1.07. The van der Waals surface area contributed by atoms with Crippen LogP contribution in [-0.4, -0.2) is 0 Å². The zero-order valence-corrected chi connectivity index (χ0v) is 8.66. The van der Waals surface area contributed by atoms with Crippen LogP contribution in [0.3, 0.4) is 0 Å². The molecule has 2 aromatic rings. The number of furan rings is 1. The van der Waals surface area contributed by atoms with Gasteiger partial charge < -0.3 is 10.2 Å². The fourth-order valence-corrected chi connectivity index (χ4v) is 2.16. The first-order valence-electron chi connectivity index (χ1n) is 5.22. The number of hydrogen-bond donors (Lipinski definition) is 1. The summed E-state index contributed by atoms with van der Waals surface area (Å²) in [7, 11) is 0. The standard InChI is InChI=1S/C13H10N2O/c14-7-8-5-6-10-9-3-1-2-4-11(9)16-13(10)12(8)15/h2,4-6H,1,3,15H2. The first-order valence-corrected chi connectivity index (χ1v) is 5.22. The molecule has 0 unspecified atom stereocenters. The third-order valence-electron chi connectivity index (χ3n) is 2.98. The molecule has 1 aliphatic rings. The SMILES string of the molecule is N#Cc1ccc2c3c(oc2c1N)C=CCC3. The predicted octanol–water partition coefficient (Wildman–Crippen LogP) is 2.85. The lowest BCUT2D eigenvalue weighted by Gasteiger charge is -2.02. The Kier molecular flexibility index (Phi) is 1.78. The van der Waals surface area contributed by atoms with Gasteiger partial charge in [-0.25, -0.2) is 0 Å². The number of hydrogen-bond acceptors (Lipinski definition) is 3. The number of rotatable bonds is 0. The Balaban J connectivity index is 2.40. The number of fused-ring (bicyclic) bond motifs is 3. The summed E-state index contributed by atoms with van der Waals surface area (Å²) in [6.07, 6.45) is 6.07. The number of allylic oxidation sites excluding steroid dienone is 1. The molecule has 0 spiro atoms. The van der Waals surface area contributed by atoms with Gasteiger partial charge in [0.2, 0.25) is 0 Å². The second-order valence-corrected chi connectivity index (χ2v) is 3.90. The molecule has 0 fully saturated rings. The molecule has 3 nitrogen and oxygen atoms in total. The second-order valence-electron chi connectivity index (χ2n) is 3.90. The number of anilines is 1. The zero-order valence-electron chi connectivity index (χ0n) is 8.66. The molecule has 1 heterocycles. The first-order chi connectivity index (χ1) is 7.81. The molecule has 2 N–H and O–H groups in total. The highest BCUT2D eigenvalue weighted by Gasteiger charge is 2.17. The van der Waals surface area contributed by atoms with Crippen molar-refractivity contribution >= 4 is 22.7 Å². The van der Waals surface area contributed by atoms with Crippen molar-refractivity contribution in [2.45, 2.75) is 12.8 Å². The smallest absolute Gasteiger partial charge is 0.159 e. The van der Waals surface area contributed by atoms with E-state index >= 15 is 0 Å². The summed E-state index contributed by atoms with van der Waals surface area (Å²) in [4.78, 5) is 0. The van der Waals surface area contributed by atoms with Gasteiger partial charge in [0, 0.05) is 10.9 Å². The average Bonchev–Trinajstić information content (AvgIpc) is 2.69. The quantitative estimate of drug-likeness (QED) is 0.680. The van der Waals surface area contributed by atoms with Crippen molar-refractivity contribution in [3.05, 3.63) is 35.1 Å². The summed E-state index contributed by atoms with van der Waals surface area (Å²) in [5, 5.41) is 9.93. The number of nitrogens with two attached hydrogens (primary N) is 1. The Morgan fingerprint density at radius 3 is 3.06 bits per heavy atom. The average molecular weight is 210 g/mol. The molecule has 3 heteroatoms. The van der Waals surface area contributed by atoms with E-state index in [-0.39, 0.29) is 0 Å². The highest BCUT2D eigenvalue weighted by atomic mass is 16.3. The molecule has 0 aliphatic heterocycles. The highest BCUT2D eigenvalue weighted by molar-refractivity contribution is 5.95. The molecule has 0 saturated carbocycles. The molecule has 1 aromatic carbocycles. The summed E-state index contributed by atoms with van der Waals surface area (Å²) in [5.74, 6) is 0.878. The van der Waals surface area contributed by atoms with Gasteiger partial charge in [0.05, 0.1) is 11.3 Å². The Morgan fingerprint density at radius 2 is 2.25 bits per heavy atom. The van der Waals surface area contributed by atoms with Crippen molar-refractivity contribution in [3.63, 3.8) is 0 Å². The lowest BCUT2D eigenvalue weighted by molar-refractivity contribution is 0.596. The monoisotopic (exact) mass is 210 g/mol. The van der Waals surface area contributed by atoms with Crippen LogP contribution in [0.5, 0.6) is 0 Å². The van der Waals surface area contributed by atoms with E-state index in [9.17, 15) is 0 Å². The Labute approximate surface area is 92.8 Å². The van der Waals surface area contributed by atoms with E-state index in [4.69, 9.17) is 15.4 Å². The number of nitrogens with zero attached hydrogens (tertiary/aromatic N) is 1.